The molecule has 0 aliphatic carbocycles. The predicted octanol–water partition coefficient (Wildman–Crippen LogP) is 5.34. The molecule has 0 aromatic heterocycles. The number of nitrogens with one attached hydrogen (secondary N) is 1. The largest absolute Gasteiger partial charge is 0.497 e. The summed E-state index contributed by atoms with van der Waals surface area (Å²) < 4.78 is 5.38. The van der Waals surface area contributed by atoms with Crippen LogP contribution in [0.4, 0.5) is 0 Å². The number of ether oxygens (including phenoxy) is 1. The van der Waals surface area contributed by atoms with Gasteiger partial charge in [0.2, 0.25) is 11.8 Å². The fraction of sp³-hybridized carbons (Fsp3) is 0.310. The zero-order chi connectivity index (χ0) is 24.9. The molecule has 3 rings (SSSR count). The maximum atomic E-state index is 13.6. The van der Waals surface area contributed by atoms with E-state index in [1.54, 1.807) is 23.8 Å². The van der Waals surface area contributed by atoms with Crippen LogP contribution < -0.4 is 10.1 Å². The summed E-state index contributed by atoms with van der Waals surface area (Å²) in [7, 11) is 1.62. The van der Waals surface area contributed by atoms with Crippen molar-refractivity contribution in [2.45, 2.75) is 43.7 Å². The van der Waals surface area contributed by atoms with E-state index in [1.807, 2.05) is 91.9 Å². The van der Waals surface area contributed by atoms with E-state index in [9.17, 15) is 9.59 Å². The van der Waals surface area contributed by atoms with E-state index in [2.05, 4.69) is 5.32 Å². The molecule has 0 unspecified atom stereocenters. The molecule has 0 bridgehead atoms. The zero-order valence-electron chi connectivity index (χ0n) is 20.5. The number of carbonyl (C=O) groups is 2. The van der Waals surface area contributed by atoms with Gasteiger partial charge in [0.05, 0.1) is 7.11 Å². The highest BCUT2D eigenvalue weighted by Crippen LogP contribution is 2.22. The third-order valence-electron chi connectivity index (χ3n) is 5.64. The summed E-state index contributed by atoms with van der Waals surface area (Å²) in [5.74, 6) is 1.21. The van der Waals surface area contributed by atoms with Gasteiger partial charge < -0.3 is 15.0 Å². The van der Waals surface area contributed by atoms with Crippen molar-refractivity contribution in [3.8, 4) is 5.75 Å². The molecule has 0 radical (unpaired) electrons. The van der Waals surface area contributed by atoms with Crippen LogP contribution >= 0.6 is 11.8 Å². The predicted molar refractivity (Wildman–Crippen MR) is 143 cm³/mol. The molecule has 1 atom stereocenters. The minimum Gasteiger partial charge on any atom is -0.497 e. The van der Waals surface area contributed by atoms with Crippen LogP contribution in [-0.4, -0.2) is 42.2 Å². The minimum absolute atomic E-state index is 0.0381. The van der Waals surface area contributed by atoms with E-state index in [-0.39, 0.29) is 11.8 Å². The van der Waals surface area contributed by atoms with Crippen molar-refractivity contribution in [3.63, 3.8) is 0 Å². The SMILES string of the molecule is CCCNC(=O)[C@H](Cc1ccccc1)N(Cc1cccc(OC)c1)C(=O)CCSc1ccccc1. The first-order valence-corrected chi connectivity index (χ1v) is 13.0. The van der Waals surface area contributed by atoms with Crippen LogP contribution in [-0.2, 0) is 22.6 Å². The Morgan fingerprint density at radius 1 is 0.943 bits per heavy atom. The van der Waals surface area contributed by atoms with E-state index in [0.29, 0.717) is 31.7 Å². The molecule has 3 aromatic carbocycles. The molecule has 184 valence electrons. The maximum absolute atomic E-state index is 13.6. The molecule has 0 aliphatic rings. The molecule has 2 amide bonds. The lowest BCUT2D eigenvalue weighted by atomic mass is 10.0. The first-order valence-electron chi connectivity index (χ1n) is 12.0. The molecular weight excluding hydrogens is 456 g/mol. The molecule has 0 heterocycles. The van der Waals surface area contributed by atoms with Gasteiger partial charge in [0.25, 0.3) is 0 Å². The summed E-state index contributed by atoms with van der Waals surface area (Å²) in [6.45, 7) is 2.94. The van der Waals surface area contributed by atoms with E-state index >= 15 is 0 Å². The highest BCUT2D eigenvalue weighted by atomic mass is 32.2. The van der Waals surface area contributed by atoms with Crippen molar-refractivity contribution in [2.24, 2.45) is 0 Å². The summed E-state index contributed by atoms with van der Waals surface area (Å²) >= 11 is 1.65. The van der Waals surface area contributed by atoms with E-state index in [4.69, 9.17) is 4.74 Å². The van der Waals surface area contributed by atoms with Crippen molar-refractivity contribution in [2.75, 3.05) is 19.4 Å². The Bertz CT molecular complexity index is 1060. The normalized spacial score (nSPS) is 11.5. The Morgan fingerprint density at radius 2 is 1.63 bits per heavy atom. The molecule has 0 spiro atoms. The van der Waals surface area contributed by atoms with Crippen molar-refractivity contribution < 1.29 is 14.3 Å². The molecule has 1 N–H and O–H groups in total. The number of methoxy groups -OCH3 is 1. The lowest BCUT2D eigenvalue weighted by Gasteiger charge is -2.31. The van der Waals surface area contributed by atoms with Gasteiger partial charge >= 0.3 is 0 Å². The Morgan fingerprint density at radius 3 is 2.31 bits per heavy atom. The number of amides is 2. The number of benzene rings is 3. The van der Waals surface area contributed by atoms with Crippen LogP contribution in [0.2, 0.25) is 0 Å². The van der Waals surface area contributed by atoms with Crippen molar-refractivity contribution in [1.82, 2.24) is 10.2 Å². The average Bonchev–Trinajstić information content (AvgIpc) is 2.90. The first kappa shape index (κ1) is 26.4. The lowest BCUT2D eigenvalue weighted by Crippen LogP contribution is -2.50. The van der Waals surface area contributed by atoms with E-state index in [0.717, 1.165) is 28.2 Å². The van der Waals surface area contributed by atoms with Crippen LogP contribution in [0.15, 0.2) is 89.8 Å². The second-order valence-corrected chi connectivity index (χ2v) is 9.45. The molecule has 0 saturated heterocycles. The summed E-state index contributed by atoms with van der Waals surface area (Å²) in [5, 5.41) is 3.02. The van der Waals surface area contributed by atoms with E-state index < -0.39 is 6.04 Å². The van der Waals surface area contributed by atoms with Crippen LogP contribution in [0.1, 0.15) is 30.9 Å². The summed E-state index contributed by atoms with van der Waals surface area (Å²) in [6.07, 6.45) is 1.63. The number of thioether (sulfide) groups is 1. The van der Waals surface area contributed by atoms with Crippen LogP contribution in [0.3, 0.4) is 0 Å². The third kappa shape index (κ3) is 8.48. The number of carbonyl (C=O) groups excluding carboxylic acids is 2. The Kier molecular flexibility index (Phi) is 10.7. The first-order chi connectivity index (χ1) is 17.1. The molecule has 5 nitrogen and oxygen atoms in total. The van der Waals surface area contributed by atoms with Gasteiger partial charge in [0, 0.05) is 36.6 Å². The lowest BCUT2D eigenvalue weighted by molar-refractivity contribution is -0.141. The van der Waals surface area contributed by atoms with Gasteiger partial charge in [-0.3, -0.25) is 9.59 Å². The molecule has 0 fully saturated rings. The highest BCUT2D eigenvalue weighted by molar-refractivity contribution is 7.99. The second-order valence-electron chi connectivity index (χ2n) is 8.28. The van der Waals surface area contributed by atoms with Crippen molar-refractivity contribution in [3.05, 3.63) is 96.1 Å². The van der Waals surface area contributed by atoms with Gasteiger partial charge in [-0.1, -0.05) is 67.6 Å². The fourth-order valence-corrected chi connectivity index (χ4v) is 4.67. The second kappa shape index (κ2) is 14.2. The van der Waals surface area contributed by atoms with Gasteiger partial charge in [-0.2, -0.15) is 0 Å². The third-order valence-corrected chi connectivity index (χ3v) is 6.65. The Hall–Kier alpha value is -3.25. The number of hydrogen-bond acceptors (Lipinski definition) is 4. The minimum atomic E-state index is -0.607. The summed E-state index contributed by atoms with van der Waals surface area (Å²) in [4.78, 5) is 29.8. The number of rotatable bonds is 13. The van der Waals surface area contributed by atoms with Gasteiger partial charge in [-0.05, 0) is 41.8 Å². The highest BCUT2D eigenvalue weighted by Gasteiger charge is 2.30. The molecule has 6 heteroatoms. The monoisotopic (exact) mass is 490 g/mol. The Labute approximate surface area is 212 Å². The zero-order valence-corrected chi connectivity index (χ0v) is 21.3. The standard InChI is InChI=1S/C29H34N2O3S/c1-3-18-30-29(33)27(21-23-11-6-4-7-12-23)31(22-24-13-10-14-25(20-24)34-2)28(32)17-19-35-26-15-8-5-9-16-26/h4-16,20,27H,3,17-19,21-22H2,1-2H3,(H,30,33)/t27-/m0/s1. The molecule has 35 heavy (non-hydrogen) atoms. The molecular formula is C29H34N2O3S. The van der Waals surface area contributed by atoms with Gasteiger partial charge in [0.15, 0.2) is 0 Å². The van der Waals surface area contributed by atoms with Crippen molar-refractivity contribution in [1.29, 1.82) is 0 Å². The fourth-order valence-electron chi connectivity index (χ4n) is 3.80. The molecule has 0 saturated carbocycles. The van der Waals surface area contributed by atoms with Gasteiger partial charge in [-0.25, -0.2) is 0 Å². The van der Waals surface area contributed by atoms with E-state index in [1.165, 1.54) is 0 Å². The topological polar surface area (TPSA) is 58.6 Å². The van der Waals surface area contributed by atoms with Gasteiger partial charge in [0.1, 0.15) is 11.8 Å². The number of hydrogen-bond donors (Lipinski definition) is 1. The average molecular weight is 491 g/mol. The molecule has 0 aliphatic heterocycles. The molecule has 3 aromatic rings. The smallest absolute Gasteiger partial charge is 0.243 e. The maximum Gasteiger partial charge on any atom is 0.243 e. The van der Waals surface area contributed by atoms with Crippen molar-refractivity contribution >= 4 is 23.6 Å². The van der Waals surface area contributed by atoms with Gasteiger partial charge in [-0.15, -0.1) is 11.8 Å². The Balaban J connectivity index is 1.85. The number of nitrogens with zero attached hydrogens (tertiary/aromatic N) is 1. The van der Waals surface area contributed by atoms with Crippen LogP contribution in [0.5, 0.6) is 5.75 Å². The van der Waals surface area contributed by atoms with Crippen LogP contribution in [0, 0.1) is 0 Å². The van der Waals surface area contributed by atoms with Crippen LogP contribution in [0.25, 0.3) is 0 Å². The summed E-state index contributed by atoms with van der Waals surface area (Å²) in [6, 6.07) is 27.0. The quantitative estimate of drug-likeness (QED) is 0.329. The summed E-state index contributed by atoms with van der Waals surface area (Å²) in [5.41, 5.74) is 1.95.